The molecule has 2 rings (SSSR count). The molecule has 0 amide bonds. The second-order valence-electron chi connectivity index (χ2n) is 4.25. The predicted octanol–water partition coefficient (Wildman–Crippen LogP) is 1.42. The minimum absolute atomic E-state index is 0.228. The third kappa shape index (κ3) is 1.22. The summed E-state index contributed by atoms with van der Waals surface area (Å²) < 4.78 is 0.228. The molecule has 1 heterocycles. The average Bonchev–Trinajstić information content (AvgIpc) is 2.53. The predicted molar refractivity (Wildman–Crippen MR) is 65.4 cm³/mol. The van der Waals surface area contributed by atoms with Crippen LogP contribution in [0.2, 0.25) is 0 Å². The Balaban J connectivity index is 2.69. The van der Waals surface area contributed by atoms with Crippen molar-refractivity contribution in [3.63, 3.8) is 0 Å². The summed E-state index contributed by atoms with van der Waals surface area (Å²) in [5, 5.41) is 0. The number of benzene rings is 1. The Hall–Kier alpha value is -1.52. The largest absolute Gasteiger partial charge is 0.398 e. The molecule has 4 nitrogen and oxygen atoms in total. The van der Waals surface area contributed by atoms with E-state index in [2.05, 4.69) is 13.8 Å². The lowest BCUT2D eigenvalue weighted by Crippen LogP contribution is -2.55. The number of quaternary nitrogens is 1. The van der Waals surface area contributed by atoms with Gasteiger partial charge in [0.25, 0.3) is 0 Å². The van der Waals surface area contributed by atoms with E-state index in [9.17, 15) is 0 Å². The van der Waals surface area contributed by atoms with E-state index in [4.69, 9.17) is 17.3 Å². The van der Waals surface area contributed by atoms with Crippen LogP contribution in [-0.2, 0) is 0 Å². The summed E-state index contributed by atoms with van der Waals surface area (Å²) in [6, 6.07) is 3.85. The minimum Gasteiger partial charge on any atom is -0.398 e. The average molecular weight is 205 g/mol. The lowest BCUT2D eigenvalue weighted by atomic mass is 10.1. The van der Waals surface area contributed by atoms with Crippen molar-refractivity contribution in [3.8, 4) is 0 Å². The summed E-state index contributed by atoms with van der Waals surface area (Å²) in [7, 11) is 0. The van der Waals surface area contributed by atoms with E-state index in [0.717, 1.165) is 16.9 Å². The molecule has 0 fully saturated rings. The van der Waals surface area contributed by atoms with E-state index in [1.54, 1.807) is 0 Å². The first-order chi connectivity index (χ1) is 6.97. The van der Waals surface area contributed by atoms with Gasteiger partial charge in [-0.3, -0.25) is 0 Å². The molecule has 80 valence electrons. The molecule has 1 aliphatic heterocycles. The van der Waals surface area contributed by atoms with Gasteiger partial charge in [-0.25, -0.2) is 0 Å². The Bertz CT molecular complexity index is 436. The quantitative estimate of drug-likeness (QED) is 0.368. The van der Waals surface area contributed by atoms with Gasteiger partial charge in [-0.2, -0.15) is 10.4 Å². The van der Waals surface area contributed by atoms with Crippen molar-refractivity contribution in [2.45, 2.75) is 19.9 Å². The van der Waals surface area contributed by atoms with Gasteiger partial charge in [-0.15, -0.1) is 0 Å². The summed E-state index contributed by atoms with van der Waals surface area (Å²) in [5.41, 5.74) is 15.1. The fourth-order valence-electron chi connectivity index (χ4n) is 1.95. The first kappa shape index (κ1) is 10.0. The summed E-state index contributed by atoms with van der Waals surface area (Å²) in [6.07, 6.45) is 3.88. The fourth-order valence-corrected chi connectivity index (χ4v) is 1.95. The maximum atomic E-state index is 6.30. The molecule has 6 N–H and O–H groups in total. The van der Waals surface area contributed by atoms with Gasteiger partial charge < -0.3 is 11.5 Å². The summed E-state index contributed by atoms with van der Waals surface area (Å²) in [6.45, 7) is 4.12. The van der Waals surface area contributed by atoms with Crippen molar-refractivity contribution in [2.75, 3.05) is 11.5 Å². The highest BCUT2D eigenvalue weighted by atomic mass is 15.6. The number of nitrogens with two attached hydrogens (primary N) is 3. The van der Waals surface area contributed by atoms with Gasteiger partial charge in [0.2, 0.25) is 0 Å². The molecule has 0 spiro atoms. The molecule has 15 heavy (non-hydrogen) atoms. The van der Waals surface area contributed by atoms with Crippen LogP contribution >= 0.6 is 0 Å². The molecule has 1 unspecified atom stereocenters. The number of hydrogen-bond acceptors (Lipinski definition) is 3. The van der Waals surface area contributed by atoms with Crippen LogP contribution in [0.5, 0.6) is 0 Å². The Morgan fingerprint density at radius 2 is 1.73 bits per heavy atom. The topological polar surface area (TPSA) is 78.1 Å². The highest BCUT2D eigenvalue weighted by Gasteiger charge is 2.37. The normalized spacial score (nSPS) is 23.5. The van der Waals surface area contributed by atoms with E-state index in [1.807, 2.05) is 24.4 Å². The van der Waals surface area contributed by atoms with Gasteiger partial charge in [0.05, 0.1) is 11.3 Å². The van der Waals surface area contributed by atoms with Crippen molar-refractivity contribution in [1.82, 2.24) is 4.59 Å². The van der Waals surface area contributed by atoms with Crippen molar-refractivity contribution < 1.29 is 0 Å². The zero-order valence-corrected chi connectivity index (χ0v) is 9.07. The van der Waals surface area contributed by atoms with Gasteiger partial charge in [0.1, 0.15) is 12.2 Å². The number of anilines is 2. The highest BCUT2D eigenvalue weighted by Crippen LogP contribution is 2.41. The Morgan fingerprint density at radius 1 is 1.13 bits per heavy atom. The van der Waals surface area contributed by atoms with Crippen LogP contribution in [-0.4, -0.2) is 6.04 Å². The second kappa shape index (κ2) is 2.98. The lowest BCUT2D eigenvalue weighted by molar-refractivity contribution is 0.325. The first-order valence-electron chi connectivity index (χ1n) is 5.01. The number of fused-ring (bicyclic) bond motifs is 1. The Kier molecular flexibility index (Phi) is 1.99. The molecule has 1 aliphatic rings. The summed E-state index contributed by atoms with van der Waals surface area (Å²) in [5.74, 6) is 6.30. The van der Waals surface area contributed by atoms with Crippen LogP contribution in [0.4, 0.5) is 17.1 Å². The van der Waals surface area contributed by atoms with Crippen LogP contribution < -0.4 is 21.9 Å². The van der Waals surface area contributed by atoms with E-state index < -0.39 is 0 Å². The third-order valence-electron chi connectivity index (χ3n) is 3.01. The fraction of sp³-hybridized carbons (Fsp3) is 0.273. The molecule has 1 aromatic rings. The summed E-state index contributed by atoms with van der Waals surface area (Å²) >= 11 is 0. The van der Waals surface area contributed by atoms with Gasteiger partial charge in [-0.05, 0) is 26.0 Å². The second-order valence-corrected chi connectivity index (χ2v) is 4.25. The first-order valence-corrected chi connectivity index (χ1v) is 5.01. The maximum absolute atomic E-state index is 6.30. The maximum Gasteiger partial charge on any atom is 0.189 e. The lowest BCUT2D eigenvalue weighted by Gasteiger charge is -2.31. The van der Waals surface area contributed by atoms with Gasteiger partial charge >= 0.3 is 0 Å². The van der Waals surface area contributed by atoms with Crippen LogP contribution in [0.15, 0.2) is 18.3 Å². The molecule has 4 heteroatoms. The van der Waals surface area contributed by atoms with Gasteiger partial charge in [0.15, 0.2) is 5.69 Å². The number of rotatable bonds is 1. The van der Waals surface area contributed by atoms with Crippen molar-refractivity contribution in [1.29, 1.82) is 0 Å². The molecule has 0 saturated heterocycles. The van der Waals surface area contributed by atoms with Crippen LogP contribution in [0.25, 0.3) is 6.08 Å². The van der Waals surface area contributed by atoms with Gasteiger partial charge in [-0.1, -0.05) is 0 Å². The molecular weight excluding hydrogens is 188 g/mol. The van der Waals surface area contributed by atoms with Gasteiger partial charge in [0, 0.05) is 11.8 Å². The number of nitrogen functional groups attached to an aromatic ring is 2. The van der Waals surface area contributed by atoms with E-state index in [-0.39, 0.29) is 10.6 Å². The minimum atomic E-state index is 0.228. The van der Waals surface area contributed by atoms with Crippen LogP contribution in [0, 0.1) is 0 Å². The van der Waals surface area contributed by atoms with Crippen LogP contribution in [0.1, 0.15) is 19.4 Å². The smallest absolute Gasteiger partial charge is 0.189 e. The molecule has 0 saturated carbocycles. The molecule has 0 radical (unpaired) electrons. The standard InChI is InChI=1S/C11H17N4/c1-7(2)15(14)6-5-8-9(12)3-4-10(13)11(8)15/h3-7H,12-14H2,1-2H3/q+1. The van der Waals surface area contributed by atoms with E-state index in [0.29, 0.717) is 5.69 Å². The Labute approximate surface area is 89.5 Å². The Morgan fingerprint density at radius 3 is 2.33 bits per heavy atom. The van der Waals surface area contributed by atoms with Crippen molar-refractivity contribution in [2.24, 2.45) is 5.84 Å². The molecule has 0 aliphatic carbocycles. The molecule has 1 aromatic carbocycles. The zero-order chi connectivity index (χ0) is 11.2. The molecular formula is C11H17N4+. The third-order valence-corrected chi connectivity index (χ3v) is 3.01. The van der Waals surface area contributed by atoms with E-state index in [1.165, 1.54) is 0 Å². The van der Waals surface area contributed by atoms with E-state index >= 15 is 0 Å². The monoisotopic (exact) mass is 205 g/mol. The summed E-state index contributed by atoms with van der Waals surface area (Å²) in [4.78, 5) is 0. The molecule has 0 bridgehead atoms. The zero-order valence-electron chi connectivity index (χ0n) is 9.07. The molecule has 0 aromatic heterocycles. The SMILES string of the molecule is CC(C)[N+]1(N)C=Cc2c(N)ccc(N)c21. The highest BCUT2D eigenvalue weighted by molar-refractivity contribution is 5.88. The van der Waals surface area contributed by atoms with Crippen molar-refractivity contribution >= 4 is 23.1 Å². The molecule has 1 atom stereocenters. The number of hydrogen-bond donors (Lipinski definition) is 3. The van der Waals surface area contributed by atoms with Crippen LogP contribution in [0.3, 0.4) is 0 Å². The van der Waals surface area contributed by atoms with Crippen molar-refractivity contribution in [3.05, 3.63) is 23.9 Å². The number of nitrogens with zero attached hydrogens (tertiary/aromatic N) is 1.